The molecule has 1 aromatic carbocycles. The molecular formula is C11H13Cl2NO. The van der Waals surface area contributed by atoms with Gasteiger partial charge in [0.05, 0.1) is 16.6 Å². The third kappa shape index (κ3) is 3.49. The third-order valence-electron chi connectivity index (χ3n) is 1.92. The molecule has 0 atom stereocenters. The van der Waals surface area contributed by atoms with Crippen molar-refractivity contribution in [1.29, 1.82) is 0 Å². The Morgan fingerprint density at radius 2 is 2.07 bits per heavy atom. The summed E-state index contributed by atoms with van der Waals surface area (Å²) >= 11 is 11.7. The number of hydrogen-bond acceptors (Lipinski definition) is 2. The second-order valence-electron chi connectivity index (χ2n) is 3.56. The highest BCUT2D eigenvalue weighted by Crippen LogP contribution is 2.25. The normalized spacial score (nSPS) is 10.7. The van der Waals surface area contributed by atoms with Crippen molar-refractivity contribution >= 4 is 29.0 Å². The van der Waals surface area contributed by atoms with E-state index in [0.717, 1.165) is 0 Å². The average Bonchev–Trinajstić information content (AvgIpc) is 2.18. The molecule has 0 radical (unpaired) electrons. The van der Waals surface area contributed by atoms with E-state index in [4.69, 9.17) is 23.2 Å². The summed E-state index contributed by atoms with van der Waals surface area (Å²) in [6, 6.07) is 5.33. The number of benzene rings is 1. The second-order valence-corrected chi connectivity index (χ2v) is 4.35. The standard InChI is InChI=1S/C11H13Cl2NO/c1-7(2)14-6-10(15)8-4-3-5-9(12)11(8)13/h3-5,7,14H,6H2,1-2H3. The highest BCUT2D eigenvalue weighted by molar-refractivity contribution is 6.43. The van der Waals surface area contributed by atoms with Gasteiger partial charge in [-0.15, -0.1) is 0 Å². The summed E-state index contributed by atoms with van der Waals surface area (Å²) in [6.45, 7) is 4.23. The summed E-state index contributed by atoms with van der Waals surface area (Å²) < 4.78 is 0. The number of carbonyl (C=O) groups excluding carboxylic acids is 1. The molecule has 82 valence electrons. The lowest BCUT2D eigenvalue weighted by Gasteiger charge is -2.08. The van der Waals surface area contributed by atoms with Crippen molar-refractivity contribution in [2.75, 3.05) is 6.54 Å². The topological polar surface area (TPSA) is 29.1 Å². The maximum Gasteiger partial charge on any atom is 0.178 e. The Balaban J connectivity index is 2.78. The van der Waals surface area contributed by atoms with Crippen LogP contribution in [0.5, 0.6) is 0 Å². The van der Waals surface area contributed by atoms with Gasteiger partial charge in [0.2, 0.25) is 0 Å². The van der Waals surface area contributed by atoms with Crippen LogP contribution in [0.2, 0.25) is 10.0 Å². The van der Waals surface area contributed by atoms with Crippen LogP contribution >= 0.6 is 23.2 Å². The molecule has 15 heavy (non-hydrogen) atoms. The van der Waals surface area contributed by atoms with Crippen molar-refractivity contribution in [3.63, 3.8) is 0 Å². The molecule has 0 bridgehead atoms. The number of Topliss-reactive ketones (excluding diaryl/α,β-unsaturated/α-hetero) is 1. The molecule has 0 unspecified atom stereocenters. The van der Waals surface area contributed by atoms with E-state index >= 15 is 0 Å². The summed E-state index contributed by atoms with van der Waals surface area (Å²) in [5.74, 6) is -0.0452. The summed E-state index contributed by atoms with van der Waals surface area (Å²) in [5, 5.41) is 3.78. The maximum atomic E-state index is 11.7. The van der Waals surface area contributed by atoms with E-state index in [2.05, 4.69) is 5.32 Å². The number of hydrogen-bond donors (Lipinski definition) is 1. The molecule has 0 amide bonds. The van der Waals surface area contributed by atoms with Crippen LogP contribution in [0.4, 0.5) is 0 Å². The molecule has 1 N–H and O–H groups in total. The molecular weight excluding hydrogens is 233 g/mol. The van der Waals surface area contributed by atoms with E-state index in [-0.39, 0.29) is 18.4 Å². The van der Waals surface area contributed by atoms with Crippen molar-refractivity contribution < 1.29 is 4.79 Å². The number of ketones is 1. The molecule has 1 aromatic rings. The Kier molecular flexibility index (Phi) is 4.58. The minimum atomic E-state index is -0.0452. The Bertz CT molecular complexity index is 364. The first kappa shape index (κ1) is 12.5. The van der Waals surface area contributed by atoms with Crippen LogP contribution in [0.15, 0.2) is 18.2 Å². The van der Waals surface area contributed by atoms with Crippen LogP contribution < -0.4 is 5.32 Å². The van der Waals surface area contributed by atoms with Gasteiger partial charge in [-0.05, 0) is 12.1 Å². The first-order valence-corrected chi connectivity index (χ1v) is 5.48. The maximum absolute atomic E-state index is 11.7. The molecule has 0 spiro atoms. The Hall–Kier alpha value is -0.570. The van der Waals surface area contributed by atoms with Crippen LogP contribution in [0.3, 0.4) is 0 Å². The number of halogens is 2. The van der Waals surface area contributed by atoms with Crippen molar-refractivity contribution in [3.8, 4) is 0 Å². The molecule has 0 saturated heterocycles. The SMILES string of the molecule is CC(C)NCC(=O)c1cccc(Cl)c1Cl. The predicted octanol–water partition coefficient (Wildman–Crippen LogP) is 3.17. The fourth-order valence-electron chi connectivity index (χ4n) is 1.11. The van der Waals surface area contributed by atoms with Gasteiger partial charge in [0.25, 0.3) is 0 Å². The van der Waals surface area contributed by atoms with Gasteiger partial charge >= 0.3 is 0 Å². The Labute approximate surface area is 99.6 Å². The van der Waals surface area contributed by atoms with Gasteiger partial charge in [0.1, 0.15) is 0 Å². The third-order valence-corrected chi connectivity index (χ3v) is 2.74. The smallest absolute Gasteiger partial charge is 0.178 e. The predicted molar refractivity (Wildman–Crippen MR) is 63.9 cm³/mol. The van der Waals surface area contributed by atoms with Gasteiger partial charge in [-0.25, -0.2) is 0 Å². The van der Waals surface area contributed by atoms with Crippen molar-refractivity contribution in [1.82, 2.24) is 5.32 Å². The van der Waals surface area contributed by atoms with Gasteiger partial charge < -0.3 is 5.32 Å². The van der Waals surface area contributed by atoms with E-state index in [1.807, 2.05) is 13.8 Å². The molecule has 2 nitrogen and oxygen atoms in total. The van der Waals surface area contributed by atoms with Crippen LogP contribution in [-0.2, 0) is 0 Å². The fourth-order valence-corrected chi connectivity index (χ4v) is 1.52. The molecule has 0 fully saturated rings. The zero-order valence-electron chi connectivity index (χ0n) is 8.68. The first-order chi connectivity index (χ1) is 7.02. The fraction of sp³-hybridized carbons (Fsp3) is 0.364. The number of rotatable bonds is 4. The van der Waals surface area contributed by atoms with E-state index in [1.54, 1.807) is 18.2 Å². The quantitative estimate of drug-likeness (QED) is 0.826. The highest BCUT2D eigenvalue weighted by Gasteiger charge is 2.12. The summed E-state index contributed by atoms with van der Waals surface area (Å²) in [4.78, 5) is 11.7. The summed E-state index contributed by atoms with van der Waals surface area (Å²) in [5.41, 5.74) is 0.470. The number of nitrogens with one attached hydrogen (secondary N) is 1. The van der Waals surface area contributed by atoms with Crippen molar-refractivity contribution in [2.45, 2.75) is 19.9 Å². The Morgan fingerprint density at radius 1 is 1.40 bits per heavy atom. The molecule has 0 heterocycles. The van der Waals surface area contributed by atoms with Gasteiger partial charge in [0, 0.05) is 11.6 Å². The van der Waals surface area contributed by atoms with E-state index in [1.165, 1.54) is 0 Å². The summed E-state index contributed by atoms with van der Waals surface area (Å²) in [7, 11) is 0. The van der Waals surface area contributed by atoms with E-state index in [0.29, 0.717) is 15.6 Å². The lowest BCUT2D eigenvalue weighted by atomic mass is 10.1. The first-order valence-electron chi connectivity index (χ1n) is 4.73. The zero-order chi connectivity index (χ0) is 11.4. The van der Waals surface area contributed by atoms with Gasteiger partial charge in [-0.3, -0.25) is 4.79 Å². The van der Waals surface area contributed by atoms with E-state index in [9.17, 15) is 4.79 Å². The van der Waals surface area contributed by atoms with Gasteiger partial charge in [-0.2, -0.15) is 0 Å². The lowest BCUT2D eigenvalue weighted by Crippen LogP contribution is -2.29. The van der Waals surface area contributed by atoms with Crippen molar-refractivity contribution in [2.24, 2.45) is 0 Å². The minimum absolute atomic E-state index is 0.0452. The zero-order valence-corrected chi connectivity index (χ0v) is 10.2. The minimum Gasteiger partial charge on any atom is -0.307 e. The molecule has 0 aliphatic carbocycles. The highest BCUT2D eigenvalue weighted by atomic mass is 35.5. The lowest BCUT2D eigenvalue weighted by molar-refractivity contribution is 0.0988. The molecule has 0 aromatic heterocycles. The van der Waals surface area contributed by atoms with Gasteiger partial charge in [0.15, 0.2) is 5.78 Å². The summed E-state index contributed by atoms with van der Waals surface area (Å²) in [6.07, 6.45) is 0. The van der Waals surface area contributed by atoms with Crippen LogP contribution in [0, 0.1) is 0 Å². The number of carbonyl (C=O) groups is 1. The molecule has 0 aliphatic rings. The molecule has 0 aliphatic heterocycles. The van der Waals surface area contributed by atoms with Crippen LogP contribution in [0.25, 0.3) is 0 Å². The van der Waals surface area contributed by atoms with Gasteiger partial charge in [-0.1, -0.05) is 43.1 Å². The Morgan fingerprint density at radius 3 is 2.67 bits per heavy atom. The molecule has 4 heteroatoms. The van der Waals surface area contributed by atoms with Crippen LogP contribution in [-0.4, -0.2) is 18.4 Å². The monoisotopic (exact) mass is 245 g/mol. The largest absolute Gasteiger partial charge is 0.307 e. The molecule has 0 saturated carbocycles. The van der Waals surface area contributed by atoms with E-state index < -0.39 is 0 Å². The molecule has 1 rings (SSSR count). The van der Waals surface area contributed by atoms with Crippen LogP contribution in [0.1, 0.15) is 24.2 Å². The van der Waals surface area contributed by atoms with Crippen molar-refractivity contribution in [3.05, 3.63) is 33.8 Å². The average molecular weight is 246 g/mol. The second kappa shape index (κ2) is 5.50.